The summed E-state index contributed by atoms with van der Waals surface area (Å²) in [5, 5.41) is 3.41. The Kier molecular flexibility index (Phi) is 0.755. The van der Waals surface area contributed by atoms with Crippen LogP contribution in [0.1, 0.15) is 20.3 Å². The Morgan fingerprint density at radius 2 is 2.44 bits per heavy atom. The van der Waals surface area contributed by atoms with E-state index in [4.69, 9.17) is 0 Å². The SMILES string of the molecule is C=C(C)C12NC1C2CC. The van der Waals surface area contributed by atoms with Gasteiger partial charge in [0, 0.05) is 6.04 Å². The quantitative estimate of drug-likeness (QED) is 0.434. The van der Waals surface area contributed by atoms with Crippen molar-refractivity contribution >= 4 is 0 Å². The van der Waals surface area contributed by atoms with E-state index in [1.807, 2.05) is 0 Å². The molecule has 3 atom stereocenters. The molecule has 0 amide bonds. The van der Waals surface area contributed by atoms with Crippen molar-refractivity contribution in [1.82, 2.24) is 5.32 Å². The fourth-order valence-electron chi connectivity index (χ4n) is 2.05. The van der Waals surface area contributed by atoms with Crippen LogP contribution in [-0.4, -0.2) is 11.6 Å². The molecule has 1 heteroatoms. The van der Waals surface area contributed by atoms with E-state index < -0.39 is 0 Å². The summed E-state index contributed by atoms with van der Waals surface area (Å²) in [5.41, 5.74) is 1.77. The molecule has 50 valence electrons. The van der Waals surface area contributed by atoms with Gasteiger partial charge in [-0.2, -0.15) is 0 Å². The second kappa shape index (κ2) is 1.24. The van der Waals surface area contributed by atoms with Crippen LogP contribution in [0.25, 0.3) is 0 Å². The molecule has 9 heavy (non-hydrogen) atoms. The summed E-state index contributed by atoms with van der Waals surface area (Å²) in [5.74, 6) is 0.926. The van der Waals surface area contributed by atoms with Gasteiger partial charge in [-0.05, 0) is 19.3 Å². The van der Waals surface area contributed by atoms with Gasteiger partial charge in [0.15, 0.2) is 0 Å². The van der Waals surface area contributed by atoms with Crippen LogP contribution in [-0.2, 0) is 0 Å². The first-order chi connectivity index (χ1) is 4.23. The van der Waals surface area contributed by atoms with Crippen LogP contribution in [0.15, 0.2) is 12.2 Å². The lowest BCUT2D eigenvalue weighted by Crippen LogP contribution is -2.18. The number of hydrogen-bond donors (Lipinski definition) is 1. The highest BCUT2D eigenvalue weighted by Crippen LogP contribution is 2.62. The fourth-order valence-corrected chi connectivity index (χ4v) is 2.05. The second-order valence-electron chi connectivity index (χ2n) is 3.29. The highest BCUT2D eigenvalue weighted by molar-refractivity contribution is 5.49. The Bertz CT molecular complexity index is 173. The standard InChI is InChI=1S/C8H13N/c1-4-6-7-8(6,9-7)5(2)3/h6-7,9H,2,4H2,1,3H3. The van der Waals surface area contributed by atoms with Crippen LogP contribution < -0.4 is 5.32 Å². The zero-order valence-corrected chi connectivity index (χ0v) is 6.07. The van der Waals surface area contributed by atoms with Crippen molar-refractivity contribution in [2.45, 2.75) is 31.8 Å². The molecule has 1 saturated carbocycles. The van der Waals surface area contributed by atoms with E-state index in [0.29, 0.717) is 5.54 Å². The molecular formula is C8H13N. The van der Waals surface area contributed by atoms with Gasteiger partial charge in [0.1, 0.15) is 0 Å². The van der Waals surface area contributed by atoms with Crippen LogP contribution in [0.2, 0.25) is 0 Å². The van der Waals surface area contributed by atoms with Crippen LogP contribution in [0.4, 0.5) is 0 Å². The summed E-state index contributed by atoms with van der Waals surface area (Å²) in [6.07, 6.45) is 1.31. The van der Waals surface area contributed by atoms with Gasteiger partial charge in [0.2, 0.25) is 0 Å². The van der Waals surface area contributed by atoms with E-state index in [-0.39, 0.29) is 0 Å². The minimum Gasteiger partial charge on any atom is -0.301 e. The van der Waals surface area contributed by atoms with Crippen molar-refractivity contribution in [1.29, 1.82) is 0 Å². The molecule has 0 spiro atoms. The van der Waals surface area contributed by atoms with Crippen LogP contribution in [0.5, 0.6) is 0 Å². The number of rotatable bonds is 2. The minimum absolute atomic E-state index is 0.439. The van der Waals surface area contributed by atoms with Crippen molar-refractivity contribution < 1.29 is 0 Å². The van der Waals surface area contributed by atoms with Crippen LogP contribution >= 0.6 is 0 Å². The Hall–Kier alpha value is -0.300. The van der Waals surface area contributed by atoms with Gasteiger partial charge >= 0.3 is 0 Å². The van der Waals surface area contributed by atoms with Gasteiger partial charge < -0.3 is 5.32 Å². The summed E-state index contributed by atoms with van der Waals surface area (Å²) >= 11 is 0. The molecule has 1 heterocycles. The van der Waals surface area contributed by atoms with Crippen LogP contribution in [0, 0.1) is 5.92 Å². The molecule has 1 nitrogen and oxygen atoms in total. The molecule has 0 aromatic heterocycles. The summed E-state index contributed by atoms with van der Waals surface area (Å²) in [7, 11) is 0. The molecule has 1 N–H and O–H groups in total. The number of nitrogens with one attached hydrogen (secondary N) is 1. The first-order valence-electron chi connectivity index (χ1n) is 3.67. The third-order valence-electron chi connectivity index (χ3n) is 2.83. The van der Waals surface area contributed by atoms with Crippen LogP contribution in [0.3, 0.4) is 0 Å². The Balaban J connectivity index is 2.08. The van der Waals surface area contributed by atoms with E-state index in [1.165, 1.54) is 12.0 Å². The molecule has 0 aromatic carbocycles. The van der Waals surface area contributed by atoms with Crippen molar-refractivity contribution in [3.8, 4) is 0 Å². The normalized spacial score (nSPS) is 52.2. The average Bonchev–Trinajstić information content (AvgIpc) is 2.47. The van der Waals surface area contributed by atoms with Gasteiger partial charge in [-0.3, -0.25) is 0 Å². The zero-order chi connectivity index (χ0) is 6.65. The van der Waals surface area contributed by atoms with Crippen molar-refractivity contribution in [3.63, 3.8) is 0 Å². The molecule has 0 bridgehead atoms. The molecule has 0 aromatic rings. The summed E-state index contributed by atoms with van der Waals surface area (Å²) < 4.78 is 0. The Morgan fingerprint density at radius 1 is 1.78 bits per heavy atom. The summed E-state index contributed by atoms with van der Waals surface area (Å²) in [6, 6.07) is 0.819. The van der Waals surface area contributed by atoms with Gasteiger partial charge in [0.05, 0.1) is 5.54 Å². The third kappa shape index (κ3) is 0.410. The average molecular weight is 123 g/mol. The lowest BCUT2D eigenvalue weighted by atomic mass is 10.1. The lowest BCUT2D eigenvalue weighted by Gasteiger charge is -2.08. The van der Waals surface area contributed by atoms with Crippen molar-refractivity contribution in [3.05, 3.63) is 12.2 Å². The van der Waals surface area contributed by atoms with E-state index >= 15 is 0 Å². The molecule has 0 radical (unpaired) electrons. The number of fused-ring (bicyclic) bond motifs is 1. The molecule has 2 aliphatic rings. The largest absolute Gasteiger partial charge is 0.301 e. The molecule has 2 rings (SSSR count). The number of hydrogen-bond acceptors (Lipinski definition) is 1. The highest BCUT2D eigenvalue weighted by Gasteiger charge is 2.78. The minimum atomic E-state index is 0.439. The monoisotopic (exact) mass is 123 g/mol. The molecule has 1 saturated heterocycles. The van der Waals surface area contributed by atoms with Gasteiger partial charge in [0.25, 0.3) is 0 Å². The van der Waals surface area contributed by atoms with E-state index in [0.717, 1.165) is 12.0 Å². The molecular weight excluding hydrogens is 110 g/mol. The molecule has 1 aliphatic carbocycles. The van der Waals surface area contributed by atoms with Crippen molar-refractivity contribution in [2.75, 3.05) is 0 Å². The Morgan fingerprint density at radius 3 is 2.56 bits per heavy atom. The van der Waals surface area contributed by atoms with Gasteiger partial charge in [-0.25, -0.2) is 0 Å². The van der Waals surface area contributed by atoms with Gasteiger partial charge in [-0.1, -0.05) is 19.1 Å². The second-order valence-corrected chi connectivity index (χ2v) is 3.29. The maximum atomic E-state index is 3.97. The zero-order valence-electron chi connectivity index (χ0n) is 6.07. The predicted octanol–water partition coefficient (Wildman–Crippen LogP) is 1.31. The molecule has 2 fully saturated rings. The smallest absolute Gasteiger partial charge is 0.0595 e. The maximum absolute atomic E-state index is 3.97. The highest BCUT2D eigenvalue weighted by atomic mass is 15.3. The van der Waals surface area contributed by atoms with Gasteiger partial charge in [-0.15, -0.1) is 0 Å². The fraction of sp³-hybridized carbons (Fsp3) is 0.750. The topological polar surface area (TPSA) is 21.9 Å². The third-order valence-corrected chi connectivity index (χ3v) is 2.83. The first kappa shape index (κ1) is 5.48. The predicted molar refractivity (Wildman–Crippen MR) is 38.2 cm³/mol. The first-order valence-corrected chi connectivity index (χ1v) is 3.67. The van der Waals surface area contributed by atoms with E-state index in [1.54, 1.807) is 0 Å². The van der Waals surface area contributed by atoms with E-state index in [2.05, 4.69) is 25.7 Å². The molecule has 1 aliphatic heterocycles. The molecule has 3 unspecified atom stereocenters. The van der Waals surface area contributed by atoms with Crippen molar-refractivity contribution in [2.24, 2.45) is 5.92 Å². The van der Waals surface area contributed by atoms with E-state index in [9.17, 15) is 0 Å². The summed E-state index contributed by atoms with van der Waals surface area (Å²) in [4.78, 5) is 0. The Labute approximate surface area is 56.1 Å². The lowest BCUT2D eigenvalue weighted by molar-refractivity contribution is 0.550. The maximum Gasteiger partial charge on any atom is 0.0595 e. The summed E-state index contributed by atoms with van der Waals surface area (Å²) in [6.45, 7) is 8.35.